The van der Waals surface area contributed by atoms with Crippen LogP contribution in [0, 0.1) is 12.8 Å². The van der Waals surface area contributed by atoms with E-state index in [1.54, 1.807) is 13.0 Å². The fraction of sp³-hybridized carbons (Fsp3) is 0.440. The molecule has 2 N–H and O–H groups in total. The van der Waals surface area contributed by atoms with Gasteiger partial charge in [0.1, 0.15) is 0 Å². The standard InChI is InChI=1S/C25H33N3O2S/c1-5-30-24(29)21-10-13-23(18(3)15-21)27-25(31)26-19(4)20-8-11-22(12-9-20)28-14-6-7-17(2)16-28/h8-13,15,17,19H,5-7,14,16H2,1-4H3,(H2,26,27,31)/t17-,19-/m0/s1. The topological polar surface area (TPSA) is 53.6 Å². The van der Waals surface area contributed by atoms with E-state index in [-0.39, 0.29) is 12.0 Å². The summed E-state index contributed by atoms with van der Waals surface area (Å²) in [6.07, 6.45) is 2.59. The first-order chi connectivity index (χ1) is 14.9. The van der Waals surface area contributed by atoms with Crippen LogP contribution in [0.2, 0.25) is 0 Å². The highest BCUT2D eigenvalue weighted by Crippen LogP contribution is 2.25. The van der Waals surface area contributed by atoms with Crippen molar-refractivity contribution in [1.82, 2.24) is 5.32 Å². The zero-order valence-electron chi connectivity index (χ0n) is 18.9. The van der Waals surface area contributed by atoms with Gasteiger partial charge in [-0.15, -0.1) is 0 Å². The molecule has 0 amide bonds. The van der Waals surface area contributed by atoms with Crippen molar-refractivity contribution in [3.05, 3.63) is 59.2 Å². The summed E-state index contributed by atoms with van der Waals surface area (Å²) in [5.41, 5.74) is 4.82. The Morgan fingerprint density at radius 2 is 2.00 bits per heavy atom. The smallest absolute Gasteiger partial charge is 0.338 e. The van der Waals surface area contributed by atoms with E-state index in [9.17, 15) is 4.79 Å². The van der Waals surface area contributed by atoms with E-state index >= 15 is 0 Å². The van der Waals surface area contributed by atoms with Gasteiger partial charge in [0.15, 0.2) is 5.11 Å². The van der Waals surface area contributed by atoms with Crippen molar-refractivity contribution < 1.29 is 9.53 Å². The highest BCUT2D eigenvalue weighted by atomic mass is 32.1. The van der Waals surface area contributed by atoms with Gasteiger partial charge in [0.2, 0.25) is 0 Å². The number of rotatable bonds is 6. The lowest BCUT2D eigenvalue weighted by Gasteiger charge is -2.33. The summed E-state index contributed by atoms with van der Waals surface area (Å²) in [4.78, 5) is 14.4. The lowest BCUT2D eigenvalue weighted by Crippen LogP contribution is -2.34. The molecule has 1 heterocycles. The summed E-state index contributed by atoms with van der Waals surface area (Å²) >= 11 is 5.52. The molecule has 2 aromatic carbocycles. The van der Waals surface area contributed by atoms with Crippen LogP contribution in [0.4, 0.5) is 11.4 Å². The highest BCUT2D eigenvalue weighted by molar-refractivity contribution is 7.80. The number of piperidine rings is 1. The Morgan fingerprint density at radius 3 is 2.65 bits per heavy atom. The Labute approximate surface area is 191 Å². The molecule has 1 aliphatic heterocycles. The Morgan fingerprint density at radius 1 is 1.26 bits per heavy atom. The zero-order chi connectivity index (χ0) is 22.4. The largest absolute Gasteiger partial charge is 0.462 e. The van der Waals surface area contributed by atoms with Crippen molar-refractivity contribution in [2.45, 2.75) is 46.6 Å². The average molecular weight is 440 g/mol. The van der Waals surface area contributed by atoms with Crippen LogP contribution in [0.25, 0.3) is 0 Å². The van der Waals surface area contributed by atoms with Crippen molar-refractivity contribution in [2.24, 2.45) is 5.92 Å². The number of aryl methyl sites for hydroxylation is 1. The van der Waals surface area contributed by atoms with E-state index in [1.807, 2.05) is 19.1 Å². The van der Waals surface area contributed by atoms with Crippen LogP contribution in [-0.2, 0) is 4.74 Å². The molecule has 166 valence electrons. The predicted octanol–water partition coefficient (Wildman–Crippen LogP) is 5.46. The van der Waals surface area contributed by atoms with E-state index in [1.165, 1.54) is 24.1 Å². The number of carbonyl (C=O) groups excluding carboxylic acids is 1. The molecule has 0 spiro atoms. The second-order valence-corrected chi connectivity index (χ2v) is 8.76. The van der Waals surface area contributed by atoms with Crippen molar-refractivity contribution in [3.8, 4) is 0 Å². The molecule has 0 aliphatic carbocycles. The molecule has 1 aliphatic rings. The van der Waals surface area contributed by atoms with Crippen molar-refractivity contribution >= 4 is 34.7 Å². The lowest BCUT2D eigenvalue weighted by molar-refractivity contribution is 0.0526. The number of ether oxygens (including phenoxy) is 1. The number of esters is 1. The minimum absolute atomic E-state index is 0.0773. The molecular formula is C25H33N3O2S. The zero-order valence-corrected chi connectivity index (χ0v) is 19.7. The van der Waals surface area contributed by atoms with E-state index in [4.69, 9.17) is 17.0 Å². The molecule has 1 fully saturated rings. The van der Waals surface area contributed by atoms with Gasteiger partial charge in [0.25, 0.3) is 0 Å². The second-order valence-electron chi connectivity index (χ2n) is 8.36. The summed E-state index contributed by atoms with van der Waals surface area (Å²) in [6.45, 7) is 10.8. The first-order valence-corrected chi connectivity index (χ1v) is 11.5. The number of carbonyl (C=O) groups is 1. The molecule has 0 bridgehead atoms. The monoisotopic (exact) mass is 439 g/mol. The normalized spacial score (nSPS) is 17.0. The van der Waals surface area contributed by atoms with Crippen molar-refractivity contribution in [2.75, 3.05) is 29.9 Å². The maximum Gasteiger partial charge on any atom is 0.338 e. The molecule has 0 radical (unpaired) electrons. The number of benzene rings is 2. The molecular weight excluding hydrogens is 406 g/mol. The number of hydrogen-bond acceptors (Lipinski definition) is 4. The van der Waals surface area contributed by atoms with Crippen LogP contribution in [-0.4, -0.2) is 30.8 Å². The van der Waals surface area contributed by atoms with E-state index in [2.05, 4.69) is 53.6 Å². The molecule has 5 nitrogen and oxygen atoms in total. The third kappa shape index (κ3) is 6.20. The number of hydrogen-bond donors (Lipinski definition) is 2. The van der Waals surface area contributed by atoms with Gasteiger partial charge in [-0.1, -0.05) is 19.1 Å². The van der Waals surface area contributed by atoms with Crippen LogP contribution in [0.15, 0.2) is 42.5 Å². The molecule has 2 atom stereocenters. The molecule has 31 heavy (non-hydrogen) atoms. The predicted molar refractivity (Wildman–Crippen MR) is 132 cm³/mol. The fourth-order valence-electron chi connectivity index (χ4n) is 3.98. The summed E-state index contributed by atoms with van der Waals surface area (Å²) in [6, 6.07) is 14.3. The SMILES string of the molecule is CCOC(=O)c1ccc(NC(=S)N[C@@H](C)c2ccc(N3CCC[C@H](C)C3)cc2)c(C)c1. The van der Waals surface area contributed by atoms with E-state index in [0.717, 1.165) is 30.3 Å². The molecule has 3 rings (SSSR count). The van der Waals surface area contributed by atoms with Gasteiger partial charge in [-0.3, -0.25) is 0 Å². The molecule has 2 aromatic rings. The number of nitrogens with one attached hydrogen (secondary N) is 2. The van der Waals surface area contributed by atoms with Gasteiger partial charge in [0.05, 0.1) is 18.2 Å². The molecule has 0 saturated carbocycles. The lowest BCUT2D eigenvalue weighted by atomic mass is 9.99. The van der Waals surface area contributed by atoms with Crippen molar-refractivity contribution in [1.29, 1.82) is 0 Å². The molecule has 0 aromatic heterocycles. The Bertz CT molecular complexity index is 913. The Balaban J connectivity index is 1.57. The van der Waals surface area contributed by atoms with Gasteiger partial charge in [-0.25, -0.2) is 4.79 Å². The van der Waals surface area contributed by atoms with Crippen LogP contribution >= 0.6 is 12.2 Å². The fourth-order valence-corrected chi connectivity index (χ4v) is 4.27. The summed E-state index contributed by atoms with van der Waals surface area (Å²) in [5, 5.41) is 7.14. The summed E-state index contributed by atoms with van der Waals surface area (Å²) in [5.74, 6) is 0.446. The third-order valence-corrected chi connectivity index (χ3v) is 5.97. The third-order valence-electron chi connectivity index (χ3n) is 5.75. The van der Waals surface area contributed by atoms with E-state index < -0.39 is 0 Å². The number of anilines is 2. The number of nitrogens with zero attached hydrogens (tertiary/aromatic N) is 1. The average Bonchev–Trinajstić information content (AvgIpc) is 2.75. The molecule has 1 saturated heterocycles. The van der Waals surface area contributed by atoms with Gasteiger partial charge in [0, 0.05) is 24.5 Å². The number of thiocarbonyl (C=S) groups is 1. The maximum atomic E-state index is 11.9. The minimum atomic E-state index is -0.311. The van der Waals surface area contributed by atoms with Crippen molar-refractivity contribution in [3.63, 3.8) is 0 Å². The van der Waals surface area contributed by atoms with Crippen LogP contribution in [0.3, 0.4) is 0 Å². The quantitative estimate of drug-likeness (QED) is 0.461. The first kappa shape index (κ1) is 23.1. The second kappa shape index (κ2) is 10.6. The van der Waals surface area contributed by atoms with Crippen LogP contribution in [0.5, 0.6) is 0 Å². The van der Waals surface area contributed by atoms with E-state index in [0.29, 0.717) is 17.3 Å². The van der Waals surface area contributed by atoms with Crippen LogP contribution in [0.1, 0.15) is 61.1 Å². The maximum absolute atomic E-state index is 11.9. The summed E-state index contributed by atoms with van der Waals surface area (Å²) in [7, 11) is 0. The first-order valence-electron chi connectivity index (χ1n) is 11.1. The van der Waals surface area contributed by atoms with Gasteiger partial charge in [-0.05, 0) is 93.2 Å². The minimum Gasteiger partial charge on any atom is -0.462 e. The van der Waals surface area contributed by atoms with Gasteiger partial charge in [-0.2, -0.15) is 0 Å². The molecule has 6 heteroatoms. The molecule has 0 unspecified atom stereocenters. The van der Waals surface area contributed by atoms with Gasteiger partial charge < -0.3 is 20.3 Å². The Kier molecular flexibility index (Phi) is 7.91. The summed E-state index contributed by atoms with van der Waals surface area (Å²) < 4.78 is 5.06. The van der Waals surface area contributed by atoms with Crippen LogP contribution < -0.4 is 15.5 Å². The highest BCUT2D eigenvalue weighted by Gasteiger charge is 2.17. The Hall–Kier alpha value is -2.60. The van der Waals surface area contributed by atoms with Gasteiger partial charge >= 0.3 is 5.97 Å².